The Bertz CT molecular complexity index is 1410. The van der Waals surface area contributed by atoms with E-state index in [2.05, 4.69) is 30.0 Å². The summed E-state index contributed by atoms with van der Waals surface area (Å²) in [4.78, 5) is 25.2. The van der Waals surface area contributed by atoms with Crippen molar-refractivity contribution in [2.45, 2.75) is 18.9 Å². The molecule has 0 saturated carbocycles. The molecule has 0 aliphatic heterocycles. The van der Waals surface area contributed by atoms with Crippen LogP contribution in [0.25, 0.3) is 33.7 Å². The smallest absolute Gasteiger partial charge is 0.220 e. The van der Waals surface area contributed by atoms with Crippen LogP contribution in [0.4, 0.5) is 5.95 Å². The van der Waals surface area contributed by atoms with Gasteiger partial charge >= 0.3 is 0 Å². The molecule has 0 aliphatic rings. The molecule has 0 aromatic carbocycles. The van der Waals surface area contributed by atoms with Gasteiger partial charge in [0.2, 0.25) is 5.95 Å². The van der Waals surface area contributed by atoms with Crippen molar-refractivity contribution in [3.63, 3.8) is 0 Å². The molecule has 1 atom stereocenters. The van der Waals surface area contributed by atoms with Crippen molar-refractivity contribution < 1.29 is 5.11 Å². The molecule has 0 spiro atoms. The lowest BCUT2D eigenvalue weighted by molar-refractivity contribution is 0.0719. The van der Waals surface area contributed by atoms with Crippen LogP contribution in [0.3, 0.4) is 0 Å². The summed E-state index contributed by atoms with van der Waals surface area (Å²) in [5, 5.41) is 15.7. The Morgan fingerprint density at radius 1 is 1.12 bits per heavy atom. The maximum absolute atomic E-state index is 11.5. The zero-order valence-corrected chi connectivity index (χ0v) is 17.6. The molecule has 5 aromatic heterocycles. The molecule has 5 aromatic rings. The van der Waals surface area contributed by atoms with Crippen LogP contribution in [-0.2, 0) is 12.6 Å². The molecule has 10 nitrogen and oxygen atoms in total. The molecule has 10 heteroatoms. The lowest BCUT2D eigenvalue weighted by atomic mass is 9.87. The van der Waals surface area contributed by atoms with Gasteiger partial charge < -0.3 is 15.8 Å². The molecule has 5 rings (SSSR count). The van der Waals surface area contributed by atoms with Crippen molar-refractivity contribution in [3.8, 4) is 22.5 Å². The van der Waals surface area contributed by atoms with Gasteiger partial charge in [0.15, 0.2) is 5.65 Å². The van der Waals surface area contributed by atoms with Crippen LogP contribution < -0.4 is 5.73 Å². The molecular weight excluding hydrogens is 406 g/mol. The maximum Gasteiger partial charge on any atom is 0.220 e. The highest BCUT2D eigenvalue weighted by Crippen LogP contribution is 2.35. The first kappa shape index (κ1) is 19.8. The number of pyridine rings is 1. The fraction of sp³-hybridized carbons (Fsp3) is 0.182. The van der Waals surface area contributed by atoms with E-state index in [0.717, 1.165) is 5.56 Å². The molecule has 0 saturated heterocycles. The SMILES string of the molecule is CCC(O)(c1ccncc1)c1cc(-c2c[nH]c3ncc(-c4cnn(C)c4)nc23)nc(N)n1. The standard InChI is InChI=1S/C22H21N9O/c1-3-22(32,14-4-6-24-7-5-14)18-8-16(29-21(23)30-18)15-10-25-20-19(15)28-17(11-26-20)13-9-27-31(2)12-13/h4-12,32H,3H2,1-2H3,(H,25,26)(H2,23,29,30). The first-order valence-corrected chi connectivity index (χ1v) is 10.1. The molecule has 0 radical (unpaired) electrons. The van der Waals surface area contributed by atoms with E-state index in [4.69, 9.17) is 10.7 Å². The van der Waals surface area contributed by atoms with Crippen LogP contribution in [-0.4, -0.2) is 44.8 Å². The van der Waals surface area contributed by atoms with Crippen molar-refractivity contribution in [2.24, 2.45) is 7.05 Å². The van der Waals surface area contributed by atoms with Crippen molar-refractivity contribution in [1.29, 1.82) is 0 Å². The zero-order chi connectivity index (χ0) is 22.3. The quantitative estimate of drug-likeness (QED) is 0.388. The van der Waals surface area contributed by atoms with Crippen molar-refractivity contribution in [3.05, 3.63) is 66.6 Å². The fourth-order valence-electron chi connectivity index (χ4n) is 3.76. The average Bonchev–Trinajstić information content (AvgIpc) is 3.44. The Kier molecular flexibility index (Phi) is 4.63. The van der Waals surface area contributed by atoms with Crippen LogP contribution in [0.2, 0.25) is 0 Å². The molecule has 0 aliphatic carbocycles. The van der Waals surface area contributed by atoms with E-state index >= 15 is 0 Å². The summed E-state index contributed by atoms with van der Waals surface area (Å²) in [5.74, 6) is 0.0594. The topological polar surface area (TPSA) is 144 Å². The summed E-state index contributed by atoms with van der Waals surface area (Å²) >= 11 is 0. The summed E-state index contributed by atoms with van der Waals surface area (Å²) in [6.45, 7) is 1.88. The Balaban J connectivity index is 1.65. The number of hydrogen-bond acceptors (Lipinski definition) is 8. The minimum Gasteiger partial charge on any atom is -0.379 e. The lowest BCUT2D eigenvalue weighted by Gasteiger charge is -2.27. The van der Waals surface area contributed by atoms with Gasteiger partial charge in [0, 0.05) is 43.0 Å². The van der Waals surface area contributed by atoms with Crippen LogP contribution >= 0.6 is 0 Å². The molecule has 32 heavy (non-hydrogen) atoms. The third kappa shape index (κ3) is 3.26. The van der Waals surface area contributed by atoms with Gasteiger partial charge in [-0.05, 0) is 30.2 Å². The van der Waals surface area contributed by atoms with Gasteiger partial charge in [-0.3, -0.25) is 9.67 Å². The van der Waals surface area contributed by atoms with E-state index in [1.807, 2.05) is 20.2 Å². The number of fused-ring (bicyclic) bond motifs is 1. The molecular formula is C22H21N9O. The molecule has 0 amide bonds. The molecule has 160 valence electrons. The number of nitrogens with two attached hydrogens (primary N) is 1. The number of aromatic amines is 1. The summed E-state index contributed by atoms with van der Waals surface area (Å²) in [7, 11) is 1.85. The average molecular weight is 427 g/mol. The summed E-state index contributed by atoms with van der Waals surface area (Å²) in [5.41, 5.74) is 9.85. The van der Waals surface area contributed by atoms with Gasteiger partial charge in [0.1, 0.15) is 11.1 Å². The third-order valence-electron chi connectivity index (χ3n) is 5.49. The zero-order valence-electron chi connectivity index (χ0n) is 17.6. The monoisotopic (exact) mass is 427 g/mol. The number of H-pyrrole nitrogens is 1. The maximum atomic E-state index is 11.5. The van der Waals surface area contributed by atoms with Crippen molar-refractivity contribution in [2.75, 3.05) is 5.73 Å². The molecule has 1 unspecified atom stereocenters. The number of aromatic nitrogens is 8. The van der Waals surface area contributed by atoms with Crippen LogP contribution in [0, 0.1) is 0 Å². The van der Waals surface area contributed by atoms with Crippen LogP contribution in [0.5, 0.6) is 0 Å². The molecule has 0 bridgehead atoms. The number of nitrogens with one attached hydrogen (secondary N) is 1. The van der Waals surface area contributed by atoms with E-state index in [0.29, 0.717) is 45.8 Å². The number of rotatable bonds is 5. The lowest BCUT2D eigenvalue weighted by Crippen LogP contribution is -2.28. The Morgan fingerprint density at radius 3 is 2.66 bits per heavy atom. The second kappa shape index (κ2) is 7.50. The summed E-state index contributed by atoms with van der Waals surface area (Å²) in [6.07, 6.45) is 10.7. The highest BCUT2D eigenvalue weighted by Gasteiger charge is 2.32. The molecule has 5 heterocycles. The Labute approximate surface area is 183 Å². The first-order valence-electron chi connectivity index (χ1n) is 10.1. The predicted octanol–water partition coefficient (Wildman–Crippen LogP) is 2.44. The largest absolute Gasteiger partial charge is 0.379 e. The third-order valence-corrected chi connectivity index (χ3v) is 5.49. The summed E-state index contributed by atoms with van der Waals surface area (Å²) < 4.78 is 1.71. The van der Waals surface area contributed by atoms with Crippen LogP contribution in [0.15, 0.2) is 55.4 Å². The van der Waals surface area contributed by atoms with E-state index in [-0.39, 0.29) is 5.95 Å². The number of aryl methyl sites for hydroxylation is 1. The second-order valence-electron chi connectivity index (χ2n) is 7.50. The normalized spacial score (nSPS) is 13.3. The summed E-state index contributed by atoms with van der Waals surface area (Å²) in [6, 6.07) is 5.26. The van der Waals surface area contributed by atoms with E-state index in [1.165, 1.54) is 0 Å². The van der Waals surface area contributed by atoms with Gasteiger partial charge in [-0.15, -0.1) is 0 Å². The Morgan fingerprint density at radius 2 is 1.94 bits per heavy atom. The number of anilines is 1. The van der Waals surface area contributed by atoms with Gasteiger partial charge in [-0.25, -0.2) is 19.9 Å². The molecule has 4 N–H and O–H groups in total. The molecule has 0 fully saturated rings. The van der Waals surface area contributed by atoms with Crippen LogP contribution in [0.1, 0.15) is 24.6 Å². The fourth-order valence-corrected chi connectivity index (χ4v) is 3.76. The first-order chi connectivity index (χ1) is 15.5. The number of nitrogen functional groups attached to an aromatic ring is 1. The minimum atomic E-state index is -1.34. The highest BCUT2D eigenvalue weighted by atomic mass is 16.3. The van der Waals surface area contributed by atoms with E-state index in [1.54, 1.807) is 53.9 Å². The Hall–Kier alpha value is -4.18. The number of nitrogens with zero attached hydrogens (tertiary/aromatic N) is 7. The predicted molar refractivity (Wildman–Crippen MR) is 119 cm³/mol. The number of aliphatic hydroxyl groups is 1. The second-order valence-corrected chi connectivity index (χ2v) is 7.50. The van der Waals surface area contributed by atoms with Crippen molar-refractivity contribution >= 4 is 17.1 Å². The highest BCUT2D eigenvalue weighted by molar-refractivity contribution is 5.90. The van der Waals surface area contributed by atoms with Gasteiger partial charge in [-0.2, -0.15) is 5.10 Å². The van der Waals surface area contributed by atoms with E-state index in [9.17, 15) is 5.11 Å². The van der Waals surface area contributed by atoms with Crippen molar-refractivity contribution in [1.82, 2.24) is 39.7 Å². The van der Waals surface area contributed by atoms with Gasteiger partial charge in [-0.1, -0.05) is 6.92 Å². The van der Waals surface area contributed by atoms with E-state index < -0.39 is 5.60 Å². The number of hydrogen-bond donors (Lipinski definition) is 3. The van der Waals surface area contributed by atoms with Gasteiger partial charge in [0.25, 0.3) is 0 Å². The van der Waals surface area contributed by atoms with Gasteiger partial charge in [0.05, 0.1) is 29.5 Å². The minimum absolute atomic E-state index is 0.0594.